The van der Waals surface area contributed by atoms with Crippen LogP contribution in [0.5, 0.6) is 5.75 Å². The molecule has 1 heterocycles. The number of ether oxygens (including phenoxy) is 1. The lowest BCUT2D eigenvalue weighted by atomic mass is 10.2. The van der Waals surface area contributed by atoms with Crippen LogP contribution in [0.3, 0.4) is 0 Å². The Morgan fingerprint density at radius 1 is 1.20 bits per heavy atom. The largest absolute Gasteiger partial charge is 0.496 e. The van der Waals surface area contributed by atoms with Gasteiger partial charge in [-0.2, -0.15) is 0 Å². The van der Waals surface area contributed by atoms with Gasteiger partial charge < -0.3 is 14.2 Å². The average molecular weight is 357 g/mol. The molecule has 0 unspecified atom stereocenters. The first-order valence-electron chi connectivity index (χ1n) is 8.19. The second-order valence-corrected chi connectivity index (χ2v) is 6.46. The molecule has 1 aromatic heterocycles. The molecule has 0 fully saturated rings. The Hall–Kier alpha value is -2.46. The minimum Gasteiger partial charge on any atom is -0.496 e. The summed E-state index contributed by atoms with van der Waals surface area (Å²) >= 11 is 6.06. The lowest BCUT2D eigenvalue weighted by Gasteiger charge is -2.19. The average Bonchev–Trinajstić information content (AvgIpc) is 3.03. The smallest absolute Gasteiger partial charge is 0.224 e. The van der Waals surface area contributed by atoms with Gasteiger partial charge in [0.25, 0.3) is 0 Å². The summed E-state index contributed by atoms with van der Waals surface area (Å²) in [7, 11) is 3.42. The number of hydrogen-bond acceptors (Lipinski definition) is 2. The van der Waals surface area contributed by atoms with E-state index in [-0.39, 0.29) is 5.91 Å². The van der Waals surface area contributed by atoms with Crippen molar-refractivity contribution < 1.29 is 9.53 Å². The van der Waals surface area contributed by atoms with Crippen molar-refractivity contribution in [1.82, 2.24) is 9.47 Å². The molecule has 0 aliphatic heterocycles. The summed E-state index contributed by atoms with van der Waals surface area (Å²) in [6, 6.07) is 15.7. The Kier molecular flexibility index (Phi) is 5.29. The van der Waals surface area contributed by atoms with E-state index in [1.165, 1.54) is 5.39 Å². The van der Waals surface area contributed by atoms with E-state index in [9.17, 15) is 4.79 Å². The molecule has 4 nitrogen and oxygen atoms in total. The van der Waals surface area contributed by atoms with Crippen LogP contribution in [0.15, 0.2) is 54.7 Å². The van der Waals surface area contributed by atoms with Gasteiger partial charge in [-0.25, -0.2) is 0 Å². The van der Waals surface area contributed by atoms with Gasteiger partial charge in [-0.1, -0.05) is 29.8 Å². The van der Waals surface area contributed by atoms with E-state index in [0.29, 0.717) is 24.5 Å². The minimum atomic E-state index is 0.0832. The summed E-state index contributed by atoms with van der Waals surface area (Å²) in [6.45, 7) is 1.12. The Bertz CT molecular complexity index is 888. The fraction of sp³-hybridized carbons (Fsp3) is 0.250. The van der Waals surface area contributed by atoms with Crippen molar-refractivity contribution >= 4 is 28.4 Å². The molecule has 2 aromatic carbocycles. The van der Waals surface area contributed by atoms with E-state index in [1.54, 1.807) is 25.1 Å². The minimum absolute atomic E-state index is 0.0832. The van der Waals surface area contributed by atoms with Crippen molar-refractivity contribution in [3.63, 3.8) is 0 Å². The summed E-state index contributed by atoms with van der Waals surface area (Å²) in [5.41, 5.74) is 2.05. The molecule has 3 rings (SSSR count). The van der Waals surface area contributed by atoms with Crippen LogP contribution in [0.4, 0.5) is 0 Å². The van der Waals surface area contributed by atoms with Crippen LogP contribution in [-0.2, 0) is 17.9 Å². The lowest BCUT2D eigenvalue weighted by molar-refractivity contribution is -0.130. The van der Waals surface area contributed by atoms with Crippen molar-refractivity contribution in [1.29, 1.82) is 0 Å². The van der Waals surface area contributed by atoms with Gasteiger partial charge in [0.2, 0.25) is 5.91 Å². The van der Waals surface area contributed by atoms with Crippen molar-refractivity contribution in [2.24, 2.45) is 0 Å². The maximum Gasteiger partial charge on any atom is 0.224 e. The predicted octanol–water partition coefficient (Wildman–Crippen LogP) is 4.35. The fourth-order valence-corrected chi connectivity index (χ4v) is 3.15. The zero-order chi connectivity index (χ0) is 17.8. The highest BCUT2D eigenvalue weighted by Crippen LogP contribution is 2.24. The number of halogens is 1. The zero-order valence-electron chi connectivity index (χ0n) is 14.4. The van der Waals surface area contributed by atoms with Crippen molar-refractivity contribution in [2.75, 3.05) is 14.2 Å². The van der Waals surface area contributed by atoms with Crippen molar-refractivity contribution in [3.8, 4) is 5.75 Å². The standard InChI is InChI=1S/C20H21ClN2O2/c1-22(14-16-13-17(21)7-8-19(16)25-2)20(24)10-12-23-11-9-15-5-3-4-6-18(15)23/h3-9,11,13H,10,12,14H2,1-2H3. The van der Waals surface area contributed by atoms with E-state index in [0.717, 1.165) is 16.8 Å². The van der Waals surface area contributed by atoms with Crippen LogP contribution in [0.2, 0.25) is 5.02 Å². The summed E-state index contributed by atoms with van der Waals surface area (Å²) < 4.78 is 7.46. The van der Waals surface area contributed by atoms with Crippen LogP contribution < -0.4 is 4.74 Å². The topological polar surface area (TPSA) is 34.5 Å². The number of nitrogens with zero attached hydrogens (tertiary/aromatic N) is 2. The molecule has 0 radical (unpaired) electrons. The molecule has 5 heteroatoms. The van der Waals surface area contributed by atoms with Gasteiger partial charge in [-0.15, -0.1) is 0 Å². The number of hydrogen-bond donors (Lipinski definition) is 0. The summed E-state index contributed by atoms with van der Waals surface area (Å²) in [5.74, 6) is 0.820. The maximum absolute atomic E-state index is 12.5. The van der Waals surface area contributed by atoms with Gasteiger partial charge in [0.1, 0.15) is 5.75 Å². The van der Waals surface area contributed by atoms with Gasteiger partial charge in [0.05, 0.1) is 7.11 Å². The van der Waals surface area contributed by atoms with Crippen LogP contribution in [0.1, 0.15) is 12.0 Å². The molecule has 0 spiro atoms. The Labute approximate surface area is 152 Å². The molecule has 0 saturated heterocycles. The molecule has 0 atom stereocenters. The number of amides is 1. The maximum atomic E-state index is 12.5. The first-order chi connectivity index (χ1) is 12.1. The second kappa shape index (κ2) is 7.62. The molecule has 25 heavy (non-hydrogen) atoms. The normalized spacial score (nSPS) is 10.8. The zero-order valence-corrected chi connectivity index (χ0v) is 15.2. The fourth-order valence-electron chi connectivity index (χ4n) is 2.96. The summed E-state index contributed by atoms with van der Waals surface area (Å²) in [6.07, 6.45) is 2.47. The number of rotatable bonds is 6. The molecule has 0 saturated carbocycles. The third-order valence-corrected chi connectivity index (χ3v) is 4.56. The SMILES string of the molecule is COc1ccc(Cl)cc1CN(C)C(=O)CCn1ccc2ccccc21. The number of aromatic nitrogens is 1. The molecule has 3 aromatic rings. The van der Waals surface area contributed by atoms with Gasteiger partial charge in [0.15, 0.2) is 0 Å². The highest BCUT2D eigenvalue weighted by atomic mass is 35.5. The predicted molar refractivity (Wildman–Crippen MR) is 101 cm³/mol. The molecule has 0 aliphatic carbocycles. The molecule has 1 amide bonds. The Morgan fingerprint density at radius 3 is 2.80 bits per heavy atom. The van der Waals surface area contributed by atoms with Gasteiger partial charge in [-0.3, -0.25) is 4.79 Å². The van der Waals surface area contributed by atoms with E-state index in [2.05, 4.69) is 22.8 Å². The number of fused-ring (bicyclic) bond motifs is 1. The van der Waals surface area contributed by atoms with Crippen LogP contribution >= 0.6 is 11.6 Å². The van der Waals surface area contributed by atoms with E-state index in [4.69, 9.17) is 16.3 Å². The van der Waals surface area contributed by atoms with Crippen LogP contribution in [-0.4, -0.2) is 29.5 Å². The summed E-state index contributed by atoms with van der Waals surface area (Å²) in [5, 5.41) is 1.82. The molecular formula is C20H21ClN2O2. The van der Waals surface area contributed by atoms with Crippen molar-refractivity contribution in [3.05, 3.63) is 65.3 Å². The Balaban J connectivity index is 1.64. The molecular weight excluding hydrogens is 336 g/mol. The number of aryl methyl sites for hydroxylation is 1. The second-order valence-electron chi connectivity index (χ2n) is 6.02. The van der Waals surface area contributed by atoms with Gasteiger partial charge >= 0.3 is 0 Å². The molecule has 0 aliphatic rings. The molecule has 0 bridgehead atoms. The summed E-state index contributed by atoms with van der Waals surface area (Å²) in [4.78, 5) is 14.2. The highest BCUT2D eigenvalue weighted by Gasteiger charge is 2.13. The monoisotopic (exact) mass is 356 g/mol. The highest BCUT2D eigenvalue weighted by molar-refractivity contribution is 6.30. The first-order valence-corrected chi connectivity index (χ1v) is 8.56. The van der Waals surface area contributed by atoms with Crippen LogP contribution in [0, 0.1) is 0 Å². The number of benzene rings is 2. The molecule has 130 valence electrons. The Morgan fingerprint density at radius 2 is 2.00 bits per heavy atom. The van der Waals surface area contributed by atoms with Gasteiger partial charge in [0, 0.05) is 48.9 Å². The quantitative estimate of drug-likeness (QED) is 0.658. The first kappa shape index (κ1) is 17.4. The third kappa shape index (κ3) is 3.97. The van der Waals surface area contributed by atoms with E-state index in [1.807, 2.05) is 30.5 Å². The van der Waals surface area contributed by atoms with E-state index < -0.39 is 0 Å². The lowest BCUT2D eigenvalue weighted by Crippen LogP contribution is -2.27. The number of carbonyl (C=O) groups is 1. The van der Waals surface area contributed by atoms with Gasteiger partial charge in [-0.05, 0) is 35.7 Å². The van der Waals surface area contributed by atoms with Crippen LogP contribution in [0.25, 0.3) is 10.9 Å². The molecule has 0 N–H and O–H groups in total. The van der Waals surface area contributed by atoms with Crippen molar-refractivity contribution in [2.45, 2.75) is 19.5 Å². The third-order valence-electron chi connectivity index (χ3n) is 4.32. The number of para-hydroxylation sites is 1. The number of methoxy groups -OCH3 is 1. The van der Waals surface area contributed by atoms with E-state index >= 15 is 0 Å². The number of carbonyl (C=O) groups excluding carboxylic acids is 1.